The van der Waals surface area contributed by atoms with Crippen LogP contribution in [-0.2, 0) is 19.1 Å². The van der Waals surface area contributed by atoms with E-state index in [1.807, 2.05) is 0 Å². The van der Waals surface area contributed by atoms with Gasteiger partial charge < -0.3 is 19.5 Å². The Bertz CT molecular complexity index is 287. The van der Waals surface area contributed by atoms with Gasteiger partial charge in [0, 0.05) is 19.5 Å². The SMILES string of the molecule is O=C(O)C1CC(=O)N(CC2COCCO2)C1. The zero-order chi connectivity index (χ0) is 11.5. The van der Waals surface area contributed by atoms with Crippen molar-refractivity contribution in [1.29, 1.82) is 0 Å². The largest absolute Gasteiger partial charge is 0.481 e. The number of ether oxygens (including phenoxy) is 2. The van der Waals surface area contributed by atoms with Crippen LogP contribution in [0.4, 0.5) is 0 Å². The van der Waals surface area contributed by atoms with Crippen molar-refractivity contribution >= 4 is 11.9 Å². The molecule has 1 amide bonds. The van der Waals surface area contributed by atoms with Gasteiger partial charge in [-0.3, -0.25) is 9.59 Å². The highest BCUT2D eigenvalue weighted by molar-refractivity contribution is 5.86. The molecule has 2 unspecified atom stereocenters. The molecule has 0 radical (unpaired) electrons. The zero-order valence-corrected chi connectivity index (χ0v) is 8.92. The molecule has 0 aromatic rings. The lowest BCUT2D eigenvalue weighted by Crippen LogP contribution is -2.40. The predicted octanol–water partition coefficient (Wildman–Crippen LogP) is -0.665. The van der Waals surface area contributed by atoms with Crippen LogP contribution in [0.15, 0.2) is 0 Å². The quantitative estimate of drug-likeness (QED) is 0.695. The molecule has 0 aromatic carbocycles. The summed E-state index contributed by atoms with van der Waals surface area (Å²) in [5, 5.41) is 8.82. The third-order valence-electron chi connectivity index (χ3n) is 2.87. The average Bonchev–Trinajstić information content (AvgIpc) is 2.62. The summed E-state index contributed by atoms with van der Waals surface area (Å²) in [6, 6.07) is 0. The minimum absolute atomic E-state index is 0.100. The molecule has 16 heavy (non-hydrogen) atoms. The fraction of sp³-hybridized carbons (Fsp3) is 0.800. The van der Waals surface area contributed by atoms with Crippen LogP contribution in [0.2, 0.25) is 0 Å². The minimum atomic E-state index is -0.906. The molecule has 0 aliphatic carbocycles. The third-order valence-corrected chi connectivity index (χ3v) is 2.87. The van der Waals surface area contributed by atoms with Gasteiger partial charge in [0.05, 0.1) is 31.8 Å². The lowest BCUT2D eigenvalue weighted by atomic mass is 10.1. The molecule has 2 saturated heterocycles. The Balaban J connectivity index is 1.85. The van der Waals surface area contributed by atoms with Gasteiger partial charge in [0.15, 0.2) is 0 Å². The Morgan fingerprint density at radius 3 is 2.88 bits per heavy atom. The first-order valence-corrected chi connectivity index (χ1v) is 5.36. The summed E-state index contributed by atoms with van der Waals surface area (Å²) >= 11 is 0. The maximum atomic E-state index is 11.5. The highest BCUT2D eigenvalue weighted by Crippen LogP contribution is 2.19. The smallest absolute Gasteiger partial charge is 0.308 e. The number of carboxylic acid groups (broad SMARTS) is 1. The predicted molar refractivity (Wildman–Crippen MR) is 52.9 cm³/mol. The van der Waals surface area contributed by atoms with E-state index in [2.05, 4.69) is 0 Å². The van der Waals surface area contributed by atoms with E-state index in [1.165, 1.54) is 0 Å². The summed E-state index contributed by atoms with van der Waals surface area (Å²) in [6.45, 7) is 2.31. The topological polar surface area (TPSA) is 76.1 Å². The molecule has 2 fully saturated rings. The number of aliphatic carboxylic acids is 1. The van der Waals surface area contributed by atoms with Crippen LogP contribution in [0, 0.1) is 5.92 Å². The molecule has 90 valence electrons. The molecule has 0 aromatic heterocycles. The van der Waals surface area contributed by atoms with Gasteiger partial charge in [-0.15, -0.1) is 0 Å². The normalized spacial score (nSPS) is 30.8. The molecule has 2 aliphatic rings. The lowest BCUT2D eigenvalue weighted by molar-refractivity contribution is -0.141. The van der Waals surface area contributed by atoms with Crippen molar-refractivity contribution in [2.75, 3.05) is 32.9 Å². The van der Waals surface area contributed by atoms with Crippen molar-refractivity contribution in [3.05, 3.63) is 0 Å². The van der Waals surface area contributed by atoms with Crippen molar-refractivity contribution < 1.29 is 24.2 Å². The molecule has 2 aliphatic heterocycles. The lowest BCUT2D eigenvalue weighted by Gasteiger charge is -2.27. The molecule has 2 atom stereocenters. The molecule has 0 bridgehead atoms. The molecular weight excluding hydrogens is 214 g/mol. The first-order chi connectivity index (χ1) is 7.66. The first kappa shape index (κ1) is 11.3. The monoisotopic (exact) mass is 229 g/mol. The van der Waals surface area contributed by atoms with Gasteiger partial charge in [-0.1, -0.05) is 0 Å². The first-order valence-electron chi connectivity index (χ1n) is 5.36. The number of rotatable bonds is 3. The number of nitrogens with zero attached hydrogens (tertiary/aromatic N) is 1. The van der Waals surface area contributed by atoms with E-state index in [9.17, 15) is 9.59 Å². The summed E-state index contributed by atoms with van der Waals surface area (Å²) in [6.07, 6.45) is -0.0200. The van der Waals surface area contributed by atoms with E-state index in [4.69, 9.17) is 14.6 Å². The van der Waals surface area contributed by atoms with Gasteiger partial charge in [-0.05, 0) is 0 Å². The number of carbonyl (C=O) groups excluding carboxylic acids is 1. The summed E-state index contributed by atoms with van der Waals surface area (Å²) < 4.78 is 10.6. The Morgan fingerprint density at radius 1 is 1.50 bits per heavy atom. The minimum Gasteiger partial charge on any atom is -0.481 e. The number of likely N-dealkylation sites (tertiary alicyclic amines) is 1. The number of hydrogen-bond acceptors (Lipinski definition) is 4. The van der Waals surface area contributed by atoms with Crippen LogP contribution < -0.4 is 0 Å². The van der Waals surface area contributed by atoms with Gasteiger partial charge in [-0.25, -0.2) is 0 Å². The molecule has 2 rings (SSSR count). The molecular formula is C10H15NO5. The van der Waals surface area contributed by atoms with E-state index >= 15 is 0 Å². The van der Waals surface area contributed by atoms with Crippen LogP contribution in [0.1, 0.15) is 6.42 Å². The second-order valence-electron chi connectivity index (χ2n) is 4.11. The van der Waals surface area contributed by atoms with Crippen LogP contribution >= 0.6 is 0 Å². The Morgan fingerprint density at radius 2 is 2.31 bits per heavy atom. The number of carboxylic acids is 1. The third kappa shape index (κ3) is 2.51. The van der Waals surface area contributed by atoms with Gasteiger partial charge in [-0.2, -0.15) is 0 Å². The second kappa shape index (κ2) is 4.80. The zero-order valence-electron chi connectivity index (χ0n) is 8.92. The van der Waals surface area contributed by atoms with Crippen LogP contribution in [-0.4, -0.2) is 60.9 Å². The average molecular weight is 229 g/mol. The summed E-state index contributed by atoms with van der Waals surface area (Å²) in [7, 11) is 0. The van der Waals surface area contributed by atoms with Crippen molar-refractivity contribution in [2.45, 2.75) is 12.5 Å². The molecule has 1 N–H and O–H groups in total. The van der Waals surface area contributed by atoms with Crippen molar-refractivity contribution in [1.82, 2.24) is 4.90 Å². The van der Waals surface area contributed by atoms with Crippen molar-refractivity contribution in [2.24, 2.45) is 5.92 Å². The Kier molecular flexibility index (Phi) is 3.40. The van der Waals surface area contributed by atoms with Gasteiger partial charge in [0.1, 0.15) is 0 Å². The number of amides is 1. The molecule has 2 heterocycles. The van der Waals surface area contributed by atoms with E-state index in [0.717, 1.165) is 0 Å². The van der Waals surface area contributed by atoms with Gasteiger partial charge >= 0.3 is 5.97 Å². The van der Waals surface area contributed by atoms with Gasteiger partial charge in [0.2, 0.25) is 5.91 Å². The van der Waals surface area contributed by atoms with E-state index < -0.39 is 11.9 Å². The standard InChI is InChI=1S/C10H15NO5/c12-9-3-7(10(13)14)4-11(9)5-8-6-15-1-2-16-8/h7-8H,1-6H2,(H,13,14). The van der Waals surface area contributed by atoms with E-state index in [0.29, 0.717) is 26.4 Å². The fourth-order valence-electron chi connectivity index (χ4n) is 2.00. The highest BCUT2D eigenvalue weighted by Gasteiger charge is 2.35. The number of hydrogen-bond donors (Lipinski definition) is 1. The van der Waals surface area contributed by atoms with Crippen LogP contribution in [0.5, 0.6) is 0 Å². The van der Waals surface area contributed by atoms with Crippen LogP contribution in [0.25, 0.3) is 0 Å². The molecule has 6 heteroatoms. The summed E-state index contributed by atoms with van der Waals surface area (Å²) in [5.41, 5.74) is 0. The maximum Gasteiger partial charge on any atom is 0.308 e. The molecule has 6 nitrogen and oxygen atoms in total. The van der Waals surface area contributed by atoms with Crippen molar-refractivity contribution in [3.8, 4) is 0 Å². The molecule has 0 saturated carbocycles. The second-order valence-corrected chi connectivity index (χ2v) is 4.11. The van der Waals surface area contributed by atoms with E-state index in [1.54, 1.807) is 4.90 Å². The van der Waals surface area contributed by atoms with Crippen molar-refractivity contribution in [3.63, 3.8) is 0 Å². The summed E-state index contributed by atoms with van der Waals surface area (Å²) in [4.78, 5) is 23.8. The highest BCUT2D eigenvalue weighted by atomic mass is 16.6. The Labute approximate surface area is 93.1 Å². The summed E-state index contributed by atoms with van der Waals surface area (Å²) in [5.74, 6) is -1.59. The fourth-order valence-corrected chi connectivity index (χ4v) is 2.00. The maximum absolute atomic E-state index is 11.5. The van der Waals surface area contributed by atoms with Gasteiger partial charge in [0.25, 0.3) is 0 Å². The molecule has 0 spiro atoms. The number of carbonyl (C=O) groups is 2. The van der Waals surface area contributed by atoms with E-state index in [-0.39, 0.29) is 25.0 Å². The Hall–Kier alpha value is -1.14. The van der Waals surface area contributed by atoms with Crippen LogP contribution in [0.3, 0.4) is 0 Å².